The summed E-state index contributed by atoms with van der Waals surface area (Å²) in [6, 6.07) is 6.43. The summed E-state index contributed by atoms with van der Waals surface area (Å²) in [7, 11) is 1.24. The van der Waals surface area contributed by atoms with Crippen molar-refractivity contribution in [3.63, 3.8) is 0 Å². The summed E-state index contributed by atoms with van der Waals surface area (Å²) in [6.07, 6.45) is -9.35. The van der Waals surface area contributed by atoms with Gasteiger partial charge >= 0.3 is 12.4 Å². The van der Waals surface area contributed by atoms with Crippen LogP contribution >= 0.6 is 23.2 Å². The summed E-state index contributed by atoms with van der Waals surface area (Å²) in [4.78, 5) is 58.2. The van der Waals surface area contributed by atoms with Crippen molar-refractivity contribution in [3.05, 3.63) is 92.7 Å². The standard InChI is InChI=1S/C36H25Cl2F7N2O6/c1-34-22(31(50)47(33(34)52)17-3-6-25(39)23(37)12-17)13-21-19(28(34)14-7-24(38)29(48)26(8-14)53-2)4-5-20-27(21)32(51)46(30(20)49)18-10-15(35(40,41)42)9-16(11-18)36(43,44)45/h3-4,6-12,20-22,27-28,48H,5,13H2,1-2H3. The molecule has 2 aliphatic heterocycles. The highest BCUT2D eigenvalue weighted by Gasteiger charge is 2.68. The van der Waals surface area contributed by atoms with Gasteiger partial charge in [-0.2, -0.15) is 26.3 Å². The van der Waals surface area contributed by atoms with E-state index in [-0.39, 0.29) is 46.0 Å². The highest BCUT2D eigenvalue weighted by molar-refractivity contribution is 6.32. The lowest BCUT2D eigenvalue weighted by Gasteiger charge is -2.49. The second-order valence-corrected chi connectivity index (χ2v) is 14.4. The zero-order valence-electron chi connectivity index (χ0n) is 27.3. The molecule has 1 N–H and O–H groups in total. The van der Waals surface area contributed by atoms with Crippen molar-refractivity contribution in [2.75, 3.05) is 16.9 Å². The topological polar surface area (TPSA) is 104 Å². The van der Waals surface area contributed by atoms with Crippen LogP contribution in [0.5, 0.6) is 11.5 Å². The molecule has 2 aliphatic carbocycles. The van der Waals surface area contributed by atoms with Crippen molar-refractivity contribution in [3.8, 4) is 11.5 Å². The van der Waals surface area contributed by atoms with Crippen LogP contribution in [0.15, 0.2) is 60.2 Å². The number of rotatable bonds is 4. The molecule has 6 atom stereocenters. The number of methoxy groups -OCH3 is 1. The molecule has 4 aliphatic rings. The van der Waals surface area contributed by atoms with E-state index in [0.717, 1.165) is 17.0 Å². The fraction of sp³-hybridized carbons (Fsp3) is 0.333. The van der Waals surface area contributed by atoms with Gasteiger partial charge in [0, 0.05) is 5.92 Å². The summed E-state index contributed by atoms with van der Waals surface area (Å²) in [5.41, 5.74) is -5.42. The molecule has 3 fully saturated rings. The second kappa shape index (κ2) is 12.2. The Morgan fingerprint density at radius 1 is 0.811 bits per heavy atom. The molecule has 6 unspecified atom stereocenters. The molecule has 278 valence electrons. The number of fused-ring (bicyclic) bond motifs is 4. The lowest BCUT2D eigenvalue weighted by atomic mass is 9.51. The third-order valence-corrected chi connectivity index (χ3v) is 11.4. The highest BCUT2D eigenvalue weighted by atomic mass is 35.5. The molecule has 7 rings (SSSR count). The number of phenolic OH excluding ortho intramolecular Hbond substituents is 1. The van der Waals surface area contributed by atoms with Crippen molar-refractivity contribution >= 4 is 58.2 Å². The molecule has 17 heteroatoms. The van der Waals surface area contributed by atoms with Gasteiger partial charge in [-0.3, -0.25) is 19.2 Å². The zero-order chi connectivity index (χ0) is 38.7. The van der Waals surface area contributed by atoms with E-state index in [2.05, 4.69) is 0 Å². The number of carbonyl (C=O) groups excluding carboxylic acids is 4. The number of ether oxygens (including phenoxy) is 1. The third-order valence-electron chi connectivity index (χ3n) is 10.9. The molecule has 0 aromatic heterocycles. The lowest BCUT2D eigenvalue weighted by molar-refractivity contribution is -0.143. The van der Waals surface area contributed by atoms with Gasteiger partial charge in [0.1, 0.15) is 5.82 Å². The van der Waals surface area contributed by atoms with Gasteiger partial charge in [-0.05, 0) is 79.8 Å². The Morgan fingerprint density at radius 3 is 2.04 bits per heavy atom. The zero-order valence-corrected chi connectivity index (χ0v) is 28.8. The number of halogens is 9. The van der Waals surface area contributed by atoms with Crippen molar-refractivity contribution < 1.29 is 59.8 Å². The molecular weight excluding hydrogens is 760 g/mol. The molecule has 53 heavy (non-hydrogen) atoms. The summed E-state index contributed by atoms with van der Waals surface area (Å²) < 4.78 is 102. The number of nitrogens with zero attached hydrogens (tertiary/aromatic N) is 2. The lowest BCUT2D eigenvalue weighted by Crippen LogP contribution is -2.48. The number of anilines is 2. The number of allylic oxidation sites excluding steroid dienone is 2. The Kier molecular flexibility index (Phi) is 8.45. The van der Waals surface area contributed by atoms with Crippen LogP contribution in [0.25, 0.3) is 0 Å². The van der Waals surface area contributed by atoms with Crippen LogP contribution in [0.3, 0.4) is 0 Å². The molecule has 0 spiro atoms. The SMILES string of the molecule is COc1cc(C2C3=CCC4C(=O)N(c5cc(C(F)(F)F)cc(C(F)(F)F)c5)C(=O)C4C3CC3C(=O)N(c4ccc(F)c(Cl)c4)C(=O)C32C)cc(Cl)c1O. The van der Waals surface area contributed by atoms with Gasteiger partial charge in [0.15, 0.2) is 11.5 Å². The Bertz CT molecular complexity index is 2140. The maximum atomic E-state index is 14.6. The summed E-state index contributed by atoms with van der Waals surface area (Å²) in [6.45, 7) is 1.51. The minimum absolute atomic E-state index is 0.0553. The van der Waals surface area contributed by atoms with Crippen molar-refractivity contribution in [2.45, 2.75) is 38.0 Å². The summed E-state index contributed by atoms with van der Waals surface area (Å²) in [5.74, 6) is -10.9. The minimum Gasteiger partial charge on any atom is -0.503 e. The molecule has 2 saturated heterocycles. The van der Waals surface area contributed by atoms with Gasteiger partial charge in [0.05, 0.1) is 62.8 Å². The van der Waals surface area contributed by atoms with E-state index in [1.807, 2.05) is 0 Å². The van der Waals surface area contributed by atoms with Crippen LogP contribution in [0.2, 0.25) is 10.0 Å². The van der Waals surface area contributed by atoms with Crippen LogP contribution in [-0.2, 0) is 31.5 Å². The van der Waals surface area contributed by atoms with E-state index < -0.39 is 99.4 Å². The van der Waals surface area contributed by atoms with Crippen LogP contribution in [0.1, 0.15) is 42.4 Å². The predicted octanol–water partition coefficient (Wildman–Crippen LogP) is 8.32. The van der Waals surface area contributed by atoms with Gasteiger partial charge in [-0.15, -0.1) is 0 Å². The number of benzene rings is 3. The largest absolute Gasteiger partial charge is 0.503 e. The number of hydrogen-bond donors (Lipinski definition) is 1. The van der Waals surface area contributed by atoms with Crippen LogP contribution in [0.4, 0.5) is 42.1 Å². The van der Waals surface area contributed by atoms with Crippen LogP contribution in [0, 0.1) is 34.9 Å². The molecule has 0 radical (unpaired) electrons. The Labute approximate surface area is 305 Å². The smallest absolute Gasteiger partial charge is 0.416 e. The van der Waals surface area contributed by atoms with E-state index in [4.69, 9.17) is 27.9 Å². The summed E-state index contributed by atoms with van der Waals surface area (Å²) >= 11 is 12.4. The van der Waals surface area contributed by atoms with Gasteiger partial charge in [0.25, 0.3) is 0 Å². The van der Waals surface area contributed by atoms with Crippen LogP contribution < -0.4 is 14.5 Å². The Hall–Kier alpha value is -4.63. The maximum absolute atomic E-state index is 14.6. The second-order valence-electron chi connectivity index (χ2n) is 13.6. The third kappa shape index (κ3) is 5.48. The molecule has 8 nitrogen and oxygen atoms in total. The molecular formula is C36H25Cl2F7N2O6. The molecule has 4 amide bonds. The molecule has 1 saturated carbocycles. The van der Waals surface area contributed by atoms with Crippen molar-refractivity contribution in [2.24, 2.45) is 29.1 Å². The van der Waals surface area contributed by atoms with Gasteiger partial charge in [-0.1, -0.05) is 34.9 Å². The number of hydrogen-bond acceptors (Lipinski definition) is 6. The van der Waals surface area contributed by atoms with E-state index in [0.29, 0.717) is 22.6 Å². The number of carbonyl (C=O) groups is 4. The minimum atomic E-state index is -5.26. The first-order valence-corrected chi connectivity index (χ1v) is 16.7. The average Bonchev–Trinajstić information content (AvgIpc) is 3.45. The first kappa shape index (κ1) is 36.7. The quantitative estimate of drug-likeness (QED) is 0.162. The Morgan fingerprint density at radius 2 is 1.45 bits per heavy atom. The van der Waals surface area contributed by atoms with E-state index in [9.17, 15) is 55.0 Å². The highest BCUT2D eigenvalue weighted by Crippen LogP contribution is 2.64. The van der Waals surface area contributed by atoms with E-state index in [1.54, 1.807) is 6.08 Å². The molecule has 3 aromatic rings. The number of amides is 4. The predicted molar refractivity (Wildman–Crippen MR) is 175 cm³/mol. The Balaban J connectivity index is 1.38. The number of aromatic hydroxyl groups is 1. The first-order valence-electron chi connectivity index (χ1n) is 16.0. The fourth-order valence-electron chi connectivity index (χ4n) is 8.50. The summed E-state index contributed by atoms with van der Waals surface area (Å²) in [5, 5.41) is 9.95. The maximum Gasteiger partial charge on any atom is 0.416 e. The van der Waals surface area contributed by atoms with Crippen molar-refractivity contribution in [1.82, 2.24) is 0 Å². The fourth-order valence-corrected chi connectivity index (χ4v) is 8.90. The van der Waals surface area contributed by atoms with Gasteiger partial charge in [0.2, 0.25) is 23.6 Å². The number of alkyl halides is 6. The normalized spacial score (nSPS) is 27.2. The van der Waals surface area contributed by atoms with Gasteiger partial charge in [-0.25, -0.2) is 14.2 Å². The van der Waals surface area contributed by atoms with Gasteiger partial charge < -0.3 is 9.84 Å². The van der Waals surface area contributed by atoms with E-state index >= 15 is 0 Å². The van der Waals surface area contributed by atoms with Crippen molar-refractivity contribution in [1.29, 1.82) is 0 Å². The first-order chi connectivity index (χ1) is 24.7. The molecule has 0 bridgehead atoms. The number of phenols is 1. The average molecular weight is 785 g/mol. The monoisotopic (exact) mass is 784 g/mol. The van der Waals surface area contributed by atoms with E-state index in [1.165, 1.54) is 32.2 Å². The van der Waals surface area contributed by atoms with Crippen LogP contribution in [-0.4, -0.2) is 35.8 Å². The number of imide groups is 2. The molecule has 2 heterocycles. The molecule has 3 aromatic carbocycles.